The van der Waals surface area contributed by atoms with Gasteiger partial charge in [-0.1, -0.05) is 36.0 Å². The normalized spacial score (nSPS) is 12.0. The van der Waals surface area contributed by atoms with Crippen LogP contribution >= 0.6 is 11.8 Å². The Balaban J connectivity index is 1.58. The van der Waals surface area contributed by atoms with Crippen molar-refractivity contribution in [1.29, 1.82) is 0 Å². The van der Waals surface area contributed by atoms with Crippen LogP contribution in [0.4, 0.5) is 5.69 Å². The van der Waals surface area contributed by atoms with Gasteiger partial charge in [-0.05, 0) is 24.6 Å². The molecule has 1 heterocycles. The van der Waals surface area contributed by atoms with Crippen molar-refractivity contribution >= 4 is 34.5 Å². The van der Waals surface area contributed by atoms with E-state index in [-0.39, 0.29) is 11.4 Å². The third-order valence-electron chi connectivity index (χ3n) is 3.45. The maximum Gasteiger partial charge on any atom is 0.317 e. The summed E-state index contributed by atoms with van der Waals surface area (Å²) < 4.78 is 10.8. The molecule has 0 saturated carbocycles. The second-order valence-corrected chi connectivity index (χ2v) is 6.15. The SMILES string of the molecule is C[C@H](OC(=O)CSc1nc2ccccc2o1)c1cccc([N+](=O)[O-])c1. The summed E-state index contributed by atoms with van der Waals surface area (Å²) in [7, 11) is 0. The van der Waals surface area contributed by atoms with Crippen molar-refractivity contribution < 1.29 is 18.9 Å². The second kappa shape index (κ2) is 7.35. The fourth-order valence-corrected chi connectivity index (χ4v) is 2.84. The molecule has 2 aromatic carbocycles. The molecule has 1 atom stereocenters. The first-order chi connectivity index (χ1) is 12.0. The van der Waals surface area contributed by atoms with Crippen molar-refractivity contribution in [3.8, 4) is 0 Å². The Labute approximate surface area is 147 Å². The van der Waals surface area contributed by atoms with Gasteiger partial charge < -0.3 is 9.15 Å². The number of thioether (sulfide) groups is 1. The molecule has 0 saturated heterocycles. The number of nitrogens with zero attached hydrogens (tertiary/aromatic N) is 2. The number of carbonyl (C=O) groups excluding carboxylic acids is 1. The van der Waals surface area contributed by atoms with E-state index in [2.05, 4.69) is 4.98 Å². The van der Waals surface area contributed by atoms with Crippen molar-refractivity contribution in [2.24, 2.45) is 0 Å². The van der Waals surface area contributed by atoms with Crippen LogP contribution in [0.1, 0.15) is 18.6 Å². The van der Waals surface area contributed by atoms with Gasteiger partial charge in [-0.15, -0.1) is 0 Å². The molecule has 0 aliphatic heterocycles. The fourth-order valence-electron chi connectivity index (χ4n) is 2.22. The lowest BCUT2D eigenvalue weighted by Gasteiger charge is -2.12. The predicted molar refractivity (Wildman–Crippen MR) is 92.3 cm³/mol. The van der Waals surface area contributed by atoms with E-state index in [0.717, 1.165) is 17.3 Å². The summed E-state index contributed by atoms with van der Waals surface area (Å²) in [6.07, 6.45) is -0.586. The van der Waals surface area contributed by atoms with Crippen molar-refractivity contribution in [2.75, 3.05) is 5.75 Å². The molecule has 0 aliphatic rings. The molecule has 0 N–H and O–H groups in total. The molecule has 0 radical (unpaired) electrons. The molecule has 25 heavy (non-hydrogen) atoms. The standard InChI is InChI=1S/C17H14N2O5S/c1-11(12-5-4-6-13(9-12)19(21)22)23-16(20)10-25-17-18-14-7-2-3-8-15(14)24-17/h2-9,11H,10H2,1H3/t11-/m0/s1. The maximum absolute atomic E-state index is 12.0. The highest BCUT2D eigenvalue weighted by atomic mass is 32.2. The van der Waals surface area contributed by atoms with Crippen LogP contribution in [0.25, 0.3) is 11.1 Å². The molecule has 0 unspecified atom stereocenters. The highest BCUT2D eigenvalue weighted by Gasteiger charge is 2.16. The number of rotatable bonds is 6. The van der Waals surface area contributed by atoms with Crippen LogP contribution in [-0.2, 0) is 9.53 Å². The molecule has 8 heteroatoms. The number of carbonyl (C=O) groups is 1. The number of ether oxygens (including phenoxy) is 1. The van der Waals surface area contributed by atoms with Gasteiger partial charge in [0.1, 0.15) is 17.4 Å². The van der Waals surface area contributed by atoms with E-state index in [4.69, 9.17) is 9.15 Å². The van der Waals surface area contributed by atoms with Crippen LogP contribution < -0.4 is 0 Å². The van der Waals surface area contributed by atoms with Gasteiger partial charge >= 0.3 is 5.97 Å². The highest BCUT2D eigenvalue weighted by Crippen LogP contribution is 2.25. The number of fused-ring (bicyclic) bond motifs is 1. The number of non-ortho nitro benzene ring substituents is 1. The second-order valence-electron chi connectivity index (χ2n) is 5.22. The van der Waals surface area contributed by atoms with Gasteiger partial charge in [0.15, 0.2) is 5.58 Å². The van der Waals surface area contributed by atoms with Crippen LogP contribution in [0.2, 0.25) is 0 Å². The average molecular weight is 358 g/mol. The summed E-state index contributed by atoms with van der Waals surface area (Å²) in [6.45, 7) is 1.67. The maximum atomic E-state index is 12.0. The summed E-state index contributed by atoms with van der Waals surface area (Å²) in [5.74, 6) is -0.419. The van der Waals surface area contributed by atoms with Crippen LogP contribution in [0, 0.1) is 10.1 Å². The third-order valence-corrected chi connectivity index (χ3v) is 4.25. The third kappa shape index (κ3) is 4.16. The van der Waals surface area contributed by atoms with Crippen molar-refractivity contribution in [3.05, 3.63) is 64.2 Å². The van der Waals surface area contributed by atoms with Crippen LogP contribution in [0.15, 0.2) is 58.2 Å². The highest BCUT2D eigenvalue weighted by molar-refractivity contribution is 7.99. The van der Waals surface area contributed by atoms with Gasteiger partial charge in [0.2, 0.25) is 0 Å². The first-order valence-corrected chi connectivity index (χ1v) is 8.43. The zero-order valence-electron chi connectivity index (χ0n) is 13.2. The largest absolute Gasteiger partial charge is 0.457 e. The summed E-state index contributed by atoms with van der Waals surface area (Å²) >= 11 is 1.14. The van der Waals surface area contributed by atoms with Gasteiger partial charge in [-0.3, -0.25) is 14.9 Å². The molecule has 0 amide bonds. The Bertz CT molecular complexity index is 891. The Hall–Kier alpha value is -2.87. The summed E-state index contributed by atoms with van der Waals surface area (Å²) in [5.41, 5.74) is 1.90. The lowest BCUT2D eigenvalue weighted by molar-refractivity contribution is -0.385. The van der Waals surface area contributed by atoms with Crippen LogP contribution in [-0.4, -0.2) is 21.6 Å². The van der Waals surface area contributed by atoms with Gasteiger partial charge in [0.25, 0.3) is 10.9 Å². The van der Waals surface area contributed by atoms with E-state index in [9.17, 15) is 14.9 Å². The zero-order chi connectivity index (χ0) is 17.8. The van der Waals surface area contributed by atoms with Gasteiger partial charge in [-0.25, -0.2) is 4.98 Å². The molecule has 0 bridgehead atoms. The Morgan fingerprint density at radius 2 is 2.12 bits per heavy atom. The fraction of sp³-hybridized carbons (Fsp3) is 0.176. The molecular weight excluding hydrogens is 344 g/mol. The number of hydrogen-bond acceptors (Lipinski definition) is 7. The molecule has 0 aliphatic carbocycles. The van der Waals surface area contributed by atoms with E-state index >= 15 is 0 Å². The number of nitro benzene ring substituents is 1. The first kappa shape index (κ1) is 17.0. The minimum Gasteiger partial charge on any atom is -0.457 e. The molecule has 7 nitrogen and oxygen atoms in total. The van der Waals surface area contributed by atoms with Crippen molar-refractivity contribution in [3.63, 3.8) is 0 Å². The van der Waals surface area contributed by atoms with Gasteiger partial charge in [0, 0.05) is 12.1 Å². The number of aromatic nitrogens is 1. The average Bonchev–Trinajstić information content (AvgIpc) is 3.03. The summed E-state index contributed by atoms with van der Waals surface area (Å²) in [6, 6.07) is 13.3. The minimum absolute atomic E-state index is 0.0338. The molecular formula is C17H14N2O5S. The van der Waals surface area contributed by atoms with Crippen LogP contribution in [0.5, 0.6) is 0 Å². The van der Waals surface area contributed by atoms with Crippen LogP contribution in [0.3, 0.4) is 0 Å². The monoisotopic (exact) mass is 358 g/mol. The van der Waals surface area contributed by atoms with Crippen molar-refractivity contribution in [2.45, 2.75) is 18.3 Å². The number of nitro groups is 1. The minimum atomic E-state index is -0.586. The number of oxazole rings is 1. The summed E-state index contributed by atoms with van der Waals surface area (Å²) in [4.78, 5) is 26.6. The van der Waals surface area contributed by atoms with E-state index in [1.165, 1.54) is 12.1 Å². The predicted octanol–water partition coefficient (Wildman–Crippen LogP) is 4.13. The Morgan fingerprint density at radius 3 is 2.88 bits per heavy atom. The van der Waals surface area contributed by atoms with E-state index < -0.39 is 17.0 Å². The van der Waals surface area contributed by atoms with Gasteiger partial charge in [0.05, 0.1) is 4.92 Å². The smallest absolute Gasteiger partial charge is 0.317 e. The van der Waals surface area contributed by atoms with E-state index in [0.29, 0.717) is 16.4 Å². The molecule has 128 valence electrons. The number of para-hydroxylation sites is 2. The quantitative estimate of drug-likeness (QED) is 0.283. The lowest BCUT2D eigenvalue weighted by atomic mass is 10.1. The van der Waals surface area contributed by atoms with E-state index in [1.807, 2.05) is 18.2 Å². The summed E-state index contributed by atoms with van der Waals surface area (Å²) in [5, 5.41) is 11.2. The van der Waals surface area contributed by atoms with E-state index in [1.54, 1.807) is 25.1 Å². The number of hydrogen-bond donors (Lipinski definition) is 0. The molecule has 0 spiro atoms. The lowest BCUT2D eigenvalue weighted by Crippen LogP contribution is -2.11. The molecule has 1 aromatic heterocycles. The van der Waals surface area contributed by atoms with Crippen molar-refractivity contribution in [1.82, 2.24) is 4.98 Å². The Morgan fingerprint density at radius 1 is 1.32 bits per heavy atom. The van der Waals surface area contributed by atoms with Gasteiger partial charge in [-0.2, -0.15) is 0 Å². The zero-order valence-corrected chi connectivity index (χ0v) is 14.1. The number of esters is 1. The number of benzene rings is 2. The first-order valence-electron chi connectivity index (χ1n) is 7.45. The topological polar surface area (TPSA) is 95.5 Å². The molecule has 3 aromatic rings. The Kier molecular flexibility index (Phi) is 4.99. The molecule has 3 rings (SSSR count). The molecule has 0 fully saturated rings.